The normalized spacial score (nSPS) is 16.0. The van der Waals surface area contributed by atoms with E-state index in [0.29, 0.717) is 0 Å². The molecular weight excluding hydrogens is 326 g/mol. The third-order valence-corrected chi connectivity index (χ3v) is 4.37. The van der Waals surface area contributed by atoms with E-state index in [0.717, 1.165) is 57.5 Å². The van der Waals surface area contributed by atoms with Gasteiger partial charge in [0.1, 0.15) is 5.75 Å². The first-order valence-corrected chi connectivity index (χ1v) is 9.61. The van der Waals surface area contributed by atoms with Gasteiger partial charge in [0.2, 0.25) is 0 Å². The molecule has 0 saturated carbocycles. The van der Waals surface area contributed by atoms with Crippen molar-refractivity contribution in [1.82, 2.24) is 15.5 Å². The predicted molar refractivity (Wildman–Crippen MR) is 111 cm³/mol. The van der Waals surface area contributed by atoms with Gasteiger partial charge in [-0.25, -0.2) is 0 Å². The van der Waals surface area contributed by atoms with Crippen LogP contribution in [0.25, 0.3) is 0 Å². The first kappa shape index (κ1) is 20.4. The Labute approximate surface area is 158 Å². The fourth-order valence-electron chi connectivity index (χ4n) is 3.07. The molecule has 1 aromatic carbocycles. The molecule has 1 saturated heterocycles. The molecule has 2 N–H and O–H groups in total. The summed E-state index contributed by atoms with van der Waals surface area (Å²) >= 11 is 0. The average Bonchev–Trinajstić information content (AvgIpc) is 2.63. The minimum atomic E-state index is 0.133. The zero-order chi connectivity index (χ0) is 19.0. The van der Waals surface area contributed by atoms with Gasteiger partial charge in [-0.1, -0.05) is 12.1 Å². The lowest BCUT2D eigenvalue weighted by Gasteiger charge is -2.38. The molecule has 6 nitrogen and oxygen atoms in total. The molecule has 146 valence electrons. The van der Waals surface area contributed by atoms with Gasteiger partial charge in [0, 0.05) is 44.8 Å². The molecule has 26 heavy (non-hydrogen) atoms. The Morgan fingerprint density at radius 2 is 1.85 bits per heavy atom. The van der Waals surface area contributed by atoms with E-state index >= 15 is 0 Å². The van der Waals surface area contributed by atoms with Crippen LogP contribution >= 0.6 is 0 Å². The highest BCUT2D eigenvalue weighted by molar-refractivity contribution is 5.80. The SMILES string of the molecule is CCNC(=NCCNC(C)(C)C)N1CCN(c2ccccc2OC)CC1. The van der Waals surface area contributed by atoms with Gasteiger partial charge in [0.15, 0.2) is 5.96 Å². The lowest BCUT2D eigenvalue weighted by Crippen LogP contribution is -2.52. The zero-order valence-corrected chi connectivity index (χ0v) is 17.0. The Hall–Kier alpha value is -1.95. The van der Waals surface area contributed by atoms with Gasteiger partial charge in [-0.3, -0.25) is 4.99 Å². The number of ether oxygens (including phenoxy) is 1. The number of nitrogens with zero attached hydrogens (tertiary/aromatic N) is 3. The van der Waals surface area contributed by atoms with Crippen molar-refractivity contribution in [3.05, 3.63) is 24.3 Å². The fraction of sp³-hybridized carbons (Fsp3) is 0.650. The number of rotatable bonds is 6. The largest absolute Gasteiger partial charge is 0.495 e. The molecule has 1 aliphatic rings. The van der Waals surface area contributed by atoms with E-state index in [1.165, 1.54) is 5.69 Å². The van der Waals surface area contributed by atoms with Crippen LogP contribution in [0.1, 0.15) is 27.7 Å². The zero-order valence-electron chi connectivity index (χ0n) is 17.0. The molecule has 1 fully saturated rings. The first-order chi connectivity index (χ1) is 12.4. The number of piperazine rings is 1. The summed E-state index contributed by atoms with van der Waals surface area (Å²) in [5.74, 6) is 1.96. The molecule has 0 amide bonds. The smallest absolute Gasteiger partial charge is 0.194 e. The number of para-hydroxylation sites is 2. The van der Waals surface area contributed by atoms with Crippen LogP contribution in [0, 0.1) is 0 Å². The average molecular weight is 362 g/mol. The van der Waals surface area contributed by atoms with Crippen LogP contribution in [0.15, 0.2) is 29.3 Å². The number of benzene rings is 1. The summed E-state index contributed by atoms with van der Waals surface area (Å²) in [6.45, 7) is 15.1. The quantitative estimate of drug-likeness (QED) is 0.462. The summed E-state index contributed by atoms with van der Waals surface area (Å²) in [5, 5.41) is 6.92. The molecule has 0 unspecified atom stereocenters. The van der Waals surface area contributed by atoms with E-state index in [2.05, 4.69) is 60.3 Å². The number of nitrogens with one attached hydrogen (secondary N) is 2. The highest BCUT2D eigenvalue weighted by Gasteiger charge is 2.21. The van der Waals surface area contributed by atoms with Crippen molar-refractivity contribution in [3.8, 4) is 5.75 Å². The van der Waals surface area contributed by atoms with Crippen molar-refractivity contribution in [2.24, 2.45) is 4.99 Å². The Morgan fingerprint density at radius 1 is 1.15 bits per heavy atom. The van der Waals surface area contributed by atoms with E-state index in [9.17, 15) is 0 Å². The van der Waals surface area contributed by atoms with Gasteiger partial charge in [0.25, 0.3) is 0 Å². The minimum Gasteiger partial charge on any atom is -0.495 e. The van der Waals surface area contributed by atoms with Crippen LogP contribution in [0.2, 0.25) is 0 Å². The van der Waals surface area contributed by atoms with E-state index in [1.54, 1.807) is 7.11 Å². The van der Waals surface area contributed by atoms with Gasteiger partial charge in [-0.05, 0) is 39.8 Å². The van der Waals surface area contributed by atoms with Crippen LogP contribution in [0.3, 0.4) is 0 Å². The van der Waals surface area contributed by atoms with Crippen molar-refractivity contribution < 1.29 is 4.74 Å². The highest BCUT2D eigenvalue weighted by atomic mass is 16.5. The van der Waals surface area contributed by atoms with Crippen molar-refractivity contribution in [3.63, 3.8) is 0 Å². The highest BCUT2D eigenvalue weighted by Crippen LogP contribution is 2.28. The van der Waals surface area contributed by atoms with Crippen LogP contribution in [0.5, 0.6) is 5.75 Å². The molecule has 1 aromatic rings. The number of methoxy groups -OCH3 is 1. The summed E-state index contributed by atoms with van der Waals surface area (Å²) in [6, 6.07) is 8.24. The molecular formula is C20H35N5O. The lowest BCUT2D eigenvalue weighted by molar-refractivity contribution is 0.366. The molecule has 0 atom stereocenters. The third-order valence-electron chi connectivity index (χ3n) is 4.37. The summed E-state index contributed by atoms with van der Waals surface area (Å²) in [5.41, 5.74) is 1.31. The summed E-state index contributed by atoms with van der Waals surface area (Å²) in [7, 11) is 1.73. The Balaban J connectivity index is 1.92. The van der Waals surface area contributed by atoms with Crippen LogP contribution in [-0.4, -0.2) is 69.3 Å². The van der Waals surface area contributed by atoms with Crippen LogP contribution in [0.4, 0.5) is 5.69 Å². The monoisotopic (exact) mass is 361 g/mol. The van der Waals surface area contributed by atoms with Gasteiger partial charge < -0.3 is 25.2 Å². The molecule has 0 aliphatic carbocycles. The van der Waals surface area contributed by atoms with Gasteiger partial charge >= 0.3 is 0 Å². The second kappa shape index (κ2) is 9.67. The predicted octanol–water partition coefficient (Wildman–Crippen LogP) is 2.17. The minimum absolute atomic E-state index is 0.133. The Bertz CT molecular complexity index is 574. The van der Waals surface area contributed by atoms with E-state index in [1.807, 2.05) is 12.1 Å². The van der Waals surface area contributed by atoms with Crippen molar-refractivity contribution in [2.75, 3.05) is 57.8 Å². The maximum Gasteiger partial charge on any atom is 0.194 e. The van der Waals surface area contributed by atoms with Gasteiger partial charge in [-0.15, -0.1) is 0 Å². The Kier molecular flexibility index (Phi) is 7.57. The Morgan fingerprint density at radius 3 is 2.46 bits per heavy atom. The first-order valence-electron chi connectivity index (χ1n) is 9.61. The second-order valence-electron chi connectivity index (χ2n) is 7.56. The van der Waals surface area contributed by atoms with Crippen LogP contribution < -0.4 is 20.3 Å². The topological polar surface area (TPSA) is 52.1 Å². The molecule has 0 radical (unpaired) electrons. The van der Waals surface area contributed by atoms with E-state index < -0.39 is 0 Å². The number of guanidine groups is 1. The summed E-state index contributed by atoms with van der Waals surface area (Å²) in [4.78, 5) is 9.54. The van der Waals surface area contributed by atoms with Crippen molar-refractivity contribution >= 4 is 11.6 Å². The number of hydrogen-bond donors (Lipinski definition) is 2. The number of hydrogen-bond acceptors (Lipinski definition) is 4. The van der Waals surface area contributed by atoms with E-state index in [-0.39, 0.29) is 5.54 Å². The molecule has 1 aliphatic heterocycles. The van der Waals surface area contributed by atoms with Gasteiger partial charge in [0.05, 0.1) is 19.3 Å². The lowest BCUT2D eigenvalue weighted by atomic mass is 10.1. The maximum absolute atomic E-state index is 5.51. The summed E-state index contributed by atoms with van der Waals surface area (Å²) < 4.78 is 5.51. The summed E-state index contributed by atoms with van der Waals surface area (Å²) in [6.07, 6.45) is 0. The third kappa shape index (κ3) is 6.09. The maximum atomic E-state index is 5.51. The van der Waals surface area contributed by atoms with Crippen molar-refractivity contribution in [2.45, 2.75) is 33.2 Å². The number of aliphatic imine (C=N–C) groups is 1. The standard InChI is InChI=1S/C20H35N5O/c1-6-21-19(22-11-12-23-20(2,3)4)25-15-13-24(14-16-25)17-9-7-8-10-18(17)26-5/h7-10,23H,6,11-16H2,1-5H3,(H,21,22). The fourth-order valence-corrected chi connectivity index (χ4v) is 3.07. The van der Waals surface area contributed by atoms with E-state index in [4.69, 9.17) is 9.73 Å². The van der Waals surface area contributed by atoms with Gasteiger partial charge in [-0.2, -0.15) is 0 Å². The van der Waals surface area contributed by atoms with Crippen LogP contribution in [-0.2, 0) is 0 Å². The molecule has 2 rings (SSSR count). The molecule has 0 spiro atoms. The number of anilines is 1. The molecule has 6 heteroatoms. The van der Waals surface area contributed by atoms with Crippen molar-refractivity contribution in [1.29, 1.82) is 0 Å². The molecule has 0 bridgehead atoms. The second-order valence-corrected chi connectivity index (χ2v) is 7.56. The molecule has 0 aromatic heterocycles. The molecule has 1 heterocycles.